The van der Waals surface area contributed by atoms with Gasteiger partial charge in [0.15, 0.2) is 5.82 Å². The van der Waals surface area contributed by atoms with Crippen LogP contribution in [0, 0.1) is 80.7 Å². The Labute approximate surface area is 302 Å². The summed E-state index contributed by atoms with van der Waals surface area (Å²) >= 11 is 0. The molecule has 0 bridgehead atoms. The summed E-state index contributed by atoms with van der Waals surface area (Å²) in [6, 6.07) is 15.2. The van der Waals surface area contributed by atoms with Crippen LogP contribution in [0.2, 0.25) is 0 Å². The van der Waals surface area contributed by atoms with Crippen LogP contribution in [0.25, 0.3) is 16.6 Å². The van der Waals surface area contributed by atoms with Crippen molar-refractivity contribution in [2.45, 2.75) is 26.3 Å². The van der Waals surface area contributed by atoms with Gasteiger partial charge in [0.1, 0.15) is 0 Å². The number of rotatable bonds is 13. The third-order valence-electron chi connectivity index (χ3n) is 8.99. The molecule has 2 N–H and O–H groups in total. The molecule has 2 aromatic carbocycles. The molecule has 0 amide bonds. The van der Waals surface area contributed by atoms with Crippen LogP contribution in [0.5, 0.6) is 0 Å². The van der Waals surface area contributed by atoms with Crippen LogP contribution in [0.3, 0.4) is 0 Å². The van der Waals surface area contributed by atoms with E-state index in [0.29, 0.717) is 6.54 Å². The van der Waals surface area contributed by atoms with Crippen LogP contribution in [-0.4, -0.2) is 76.5 Å². The fourth-order valence-electron chi connectivity index (χ4n) is 6.52. The van der Waals surface area contributed by atoms with Crippen LogP contribution in [0.4, 0.5) is 11.5 Å². The molecule has 1 aliphatic heterocycles. The number of aryl methyl sites for hydroxylation is 1. The number of para-hydroxylation sites is 2. The van der Waals surface area contributed by atoms with E-state index in [1.807, 2.05) is 38.2 Å². The third-order valence-corrected chi connectivity index (χ3v) is 8.99. The first-order valence-electron chi connectivity index (χ1n) is 17.0. The Morgan fingerprint density at radius 2 is 1.49 bits per heavy atom. The summed E-state index contributed by atoms with van der Waals surface area (Å²) in [7, 11) is 0. The maximum Gasteiger partial charge on any atom is 2.00 e. The number of aromatic nitrogens is 2. The second kappa shape index (κ2) is 18.8. The normalized spacial score (nSPS) is 17.2. The predicted octanol–water partition coefficient (Wildman–Crippen LogP) is 6.08. The predicted molar refractivity (Wildman–Crippen MR) is 194 cm³/mol. The minimum absolute atomic E-state index is 0. The van der Waals surface area contributed by atoms with Gasteiger partial charge < -0.3 is 24.8 Å². The summed E-state index contributed by atoms with van der Waals surface area (Å²) in [5.74, 6) is 2.18. The van der Waals surface area contributed by atoms with Gasteiger partial charge in [0.25, 0.3) is 5.69 Å². The van der Waals surface area contributed by atoms with Crippen LogP contribution in [0.15, 0.2) is 54.7 Å². The third kappa shape index (κ3) is 10.0. The molecule has 3 heterocycles. The molecule has 49 heavy (non-hydrogen) atoms. The van der Waals surface area contributed by atoms with E-state index in [-0.39, 0.29) is 27.7 Å². The molecule has 2 aromatic heterocycles. The molecule has 4 aromatic rings. The Kier molecular flexibility index (Phi) is 14.3. The van der Waals surface area contributed by atoms with Gasteiger partial charge in [-0.15, -0.1) is 0 Å². The Morgan fingerprint density at radius 1 is 0.837 bits per heavy atom. The number of hydrogen-bond donors (Lipinski definition) is 2. The van der Waals surface area contributed by atoms with Crippen molar-refractivity contribution in [3.8, 4) is 0 Å². The second-order valence-electron chi connectivity index (χ2n) is 12.4. The van der Waals surface area contributed by atoms with Gasteiger partial charge in [-0.2, -0.15) is 0 Å². The summed E-state index contributed by atoms with van der Waals surface area (Å²) in [5, 5.41) is 18.1. The number of non-ortho nitro benzene ring substituents is 1. The molecule has 1 saturated heterocycles. The topological polar surface area (TPSA) is 91.0 Å². The number of anilines is 1. The van der Waals surface area contributed by atoms with Crippen molar-refractivity contribution in [1.29, 1.82) is 0 Å². The number of hydrogen-bond acceptors (Lipinski definition) is 7. The van der Waals surface area contributed by atoms with E-state index in [1.165, 1.54) is 23.1 Å². The molecule has 3 fully saturated rings. The fourth-order valence-corrected chi connectivity index (χ4v) is 6.52. The van der Waals surface area contributed by atoms with Crippen molar-refractivity contribution in [3.05, 3.63) is 145 Å². The molecule has 9 nitrogen and oxygen atoms in total. The summed E-state index contributed by atoms with van der Waals surface area (Å²) in [4.78, 5) is 20.8. The molecule has 7 rings (SSSR count). The molecular formula is C39H45FeN7O2+2. The molecule has 10 heteroatoms. The summed E-state index contributed by atoms with van der Waals surface area (Å²) in [6.07, 6.45) is 22.9. The van der Waals surface area contributed by atoms with Crippen molar-refractivity contribution in [2.75, 3.05) is 57.7 Å². The SMILES string of the molecule is Cc1cn2c(c(NCCCN3CCN(CCCNCc4cccc([N+](=O)[O-])c4)CC3)nc3ccccc32)c1[C]1[CH][CH][CH][CH]1.[CH]1[CH][CH][CH][CH]1.[Fe+2]. The maximum absolute atomic E-state index is 11.0. The van der Waals surface area contributed by atoms with E-state index in [2.05, 4.69) is 87.9 Å². The molecule has 0 unspecified atom stereocenters. The molecule has 2 saturated carbocycles. The van der Waals surface area contributed by atoms with Crippen LogP contribution >= 0.6 is 0 Å². The minimum atomic E-state index is -0.342. The van der Waals surface area contributed by atoms with Gasteiger partial charge in [-0.1, -0.05) is 24.3 Å². The number of piperazine rings is 1. The average Bonchev–Trinajstić information content (AvgIpc) is 3.91. The zero-order chi connectivity index (χ0) is 33.1. The monoisotopic (exact) mass is 699 g/mol. The van der Waals surface area contributed by atoms with Gasteiger partial charge in [0.2, 0.25) is 0 Å². The molecular weight excluding hydrogens is 654 g/mol. The largest absolute Gasteiger partial charge is 2.00 e. The zero-order valence-corrected chi connectivity index (χ0v) is 29.2. The van der Waals surface area contributed by atoms with E-state index in [4.69, 9.17) is 4.98 Å². The molecule has 254 valence electrons. The minimum Gasteiger partial charge on any atom is -0.368 e. The van der Waals surface area contributed by atoms with E-state index in [1.54, 1.807) is 12.1 Å². The van der Waals surface area contributed by atoms with Gasteiger partial charge in [-0.3, -0.25) is 10.1 Å². The number of nitro groups is 1. The van der Waals surface area contributed by atoms with E-state index >= 15 is 0 Å². The number of nitrogens with zero attached hydrogens (tertiary/aromatic N) is 5. The van der Waals surface area contributed by atoms with Gasteiger partial charge in [0, 0.05) is 63.5 Å². The summed E-state index contributed by atoms with van der Waals surface area (Å²) in [6.45, 7) is 11.1. The Hall–Kier alpha value is -3.01. The van der Waals surface area contributed by atoms with Crippen LogP contribution in [0.1, 0.15) is 29.5 Å². The first kappa shape index (κ1) is 37.2. The Balaban J connectivity index is 0.000000717. The number of nitro benzene ring substituents is 1. The van der Waals surface area contributed by atoms with Crippen molar-refractivity contribution in [3.63, 3.8) is 0 Å². The van der Waals surface area contributed by atoms with Gasteiger partial charge >= 0.3 is 17.1 Å². The van der Waals surface area contributed by atoms with Gasteiger partial charge in [0.05, 0.1) is 21.5 Å². The number of benzene rings is 2. The Morgan fingerprint density at radius 3 is 2.16 bits per heavy atom. The summed E-state index contributed by atoms with van der Waals surface area (Å²) < 4.78 is 2.30. The molecule has 10 radical (unpaired) electrons. The molecule has 0 atom stereocenters. The van der Waals surface area contributed by atoms with E-state index in [9.17, 15) is 10.1 Å². The van der Waals surface area contributed by atoms with E-state index in [0.717, 1.165) is 93.1 Å². The molecule has 3 aliphatic rings. The van der Waals surface area contributed by atoms with Crippen LogP contribution < -0.4 is 10.6 Å². The second-order valence-corrected chi connectivity index (χ2v) is 12.4. The van der Waals surface area contributed by atoms with Crippen molar-refractivity contribution in [1.82, 2.24) is 24.5 Å². The zero-order valence-electron chi connectivity index (χ0n) is 28.1. The van der Waals surface area contributed by atoms with E-state index < -0.39 is 0 Å². The van der Waals surface area contributed by atoms with Crippen molar-refractivity contribution >= 4 is 28.1 Å². The number of nitrogens with one attached hydrogen (secondary N) is 2. The van der Waals surface area contributed by atoms with Crippen molar-refractivity contribution < 1.29 is 22.0 Å². The first-order chi connectivity index (χ1) is 23.6. The maximum atomic E-state index is 11.0. The van der Waals surface area contributed by atoms with Crippen molar-refractivity contribution in [2.24, 2.45) is 0 Å². The first-order valence-corrected chi connectivity index (χ1v) is 17.0. The van der Waals surface area contributed by atoms with Crippen LogP contribution in [-0.2, 0) is 23.6 Å². The smallest absolute Gasteiger partial charge is 0.368 e. The average molecular weight is 700 g/mol. The Bertz CT molecular complexity index is 1620. The fraction of sp³-hybridized carbons (Fsp3) is 0.308. The molecule has 0 spiro atoms. The quantitative estimate of drug-likeness (QED) is 0.0758. The summed E-state index contributed by atoms with van der Waals surface area (Å²) in [5.41, 5.74) is 6.87. The number of fused-ring (bicyclic) bond motifs is 3. The molecule has 2 aliphatic carbocycles. The standard InChI is InChI=1S/C34H40N7O2.C5H5.Fe/c1-26-25-40-31-14-5-4-13-30(31)37-34(33(40)32(26)28-10-2-3-11-28)36-16-8-18-39-21-19-38(20-22-39)17-7-15-35-24-27-9-6-12-29(23-27)41(42)43;1-2-4-5-3-1;/h2-6,9-14,23,25,35H,7-8,15-22,24H2,1H3,(H,36,37);1-5H;/q;;+2. The van der Waals surface area contributed by atoms with Gasteiger partial charge in [-0.25, -0.2) is 4.98 Å². The van der Waals surface area contributed by atoms with Gasteiger partial charge in [-0.05, 0) is 126 Å².